The van der Waals surface area contributed by atoms with E-state index in [1.807, 2.05) is 7.11 Å². The molecule has 2 heteroatoms. The standard InChI is InChI=1S/C15H29NO/c1-11(2)12-5-4-6-13(8-7-12)16-14-9-15(10-14)17-3/h11-16H,4-10H2,1-3H3. The van der Waals surface area contributed by atoms with Gasteiger partial charge < -0.3 is 10.1 Å². The van der Waals surface area contributed by atoms with Crippen LogP contribution in [0.4, 0.5) is 0 Å². The third-order valence-corrected chi connectivity index (χ3v) is 4.86. The van der Waals surface area contributed by atoms with Crippen LogP contribution in [0.3, 0.4) is 0 Å². The molecule has 2 atom stereocenters. The molecule has 0 aromatic rings. The molecule has 0 amide bonds. The van der Waals surface area contributed by atoms with E-state index in [2.05, 4.69) is 19.2 Å². The molecule has 17 heavy (non-hydrogen) atoms. The molecule has 100 valence electrons. The summed E-state index contributed by atoms with van der Waals surface area (Å²) in [6.07, 6.45) is 10.0. The van der Waals surface area contributed by atoms with Gasteiger partial charge >= 0.3 is 0 Å². The molecule has 0 bridgehead atoms. The van der Waals surface area contributed by atoms with E-state index in [-0.39, 0.29) is 0 Å². The highest BCUT2D eigenvalue weighted by Gasteiger charge is 2.31. The lowest BCUT2D eigenvalue weighted by Gasteiger charge is -2.37. The molecule has 1 N–H and O–H groups in total. The minimum atomic E-state index is 0.529. The van der Waals surface area contributed by atoms with Crippen molar-refractivity contribution in [3.8, 4) is 0 Å². The predicted octanol–water partition coefficient (Wildman–Crippen LogP) is 3.36. The van der Waals surface area contributed by atoms with Gasteiger partial charge in [-0.1, -0.05) is 26.7 Å². The molecular weight excluding hydrogens is 210 g/mol. The number of methoxy groups -OCH3 is 1. The molecule has 2 saturated carbocycles. The Morgan fingerprint density at radius 1 is 1.00 bits per heavy atom. The van der Waals surface area contributed by atoms with Crippen molar-refractivity contribution in [2.75, 3.05) is 7.11 Å². The van der Waals surface area contributed by atoms with Gasteiger partial charge in [0.1, 0.15) is 0 Å². The normalized spacial score (nSPS) is 38.8. The summed E-state index contributed by atoms with van der Waals surface area (Å²) < 4.78 is 5.34. The molecular formula is C15H29NO. The zero-order valence-corrected chi connectivity index (χ0v) is 11.7. The van der Waals surface area contributed by atoms with Gasteiger partial charge in [0.15, 0.2) is 0 Å². The smallest absolute Gasteiger partial charge is 0.0601 e. The fourth-order valence-corrected chi connectivity index (χ4v) is 3.39. The molecule has 0 spiro atoms. The third kappa shape index (κ3) is 3.69. The Balaban J connectivity index is 1.69. The number of rotatable bonds is 4. The van der Waals surface area contributed by atoms with Gasteiger partial charge in [-0.15, -0.1) is 0 Å². The Bertz CT molecular complexity index is 223. The van der Waals surface area contributed by atoms with Gasteiger partial charge in [-0.25, -0.2) is 0 Å². The van der Waals surface area contributed by atoms with E-state index < -0.39 is 0 Å². The Morgan fingerprint density at radius 2 is 1.76 bits per heavy atom. The maximum absolute atomic E-state index is 5.34. The minimum Gasteiger partial charge on any atom is -0.381 e. The van der Waals surface area contributed by atoms with Crippen LogP contribution >= 0.6 is 0 Å². The monoisotopic (exact) mass is 239 g/mol. The van der Waals surface area contributed by atoms with Crippen LogP contribution in [0, 0.1) is 11.8 Å². The van der Waals surface area contributed by atoms with E-state index in [9.17, 15) is 0 Å². The van der Waals surface area contributed by atoms with Crippen LogP contribution in [0.15, 0.2) is 0 Å². The summed E-state index contributed by atoms with van der Waals surface area (Å²) in [6, 6.07) is 1.52. The van der Waals surface area contributed by atoms with Crippen LogP contribution in [0.2, 0.25) is 0 Å². The van der Waals surface area contributed by atoms with Crippen LogP contribution in [0.25, 0.3) is 0 Å². The largest absolute Gasteiger partial charge is 0.381 e. The summed E-state index contributed by atoms with van der Waals surface area (Å²) in [5, 5.41) is 3.84. The maximum atomic E-state index is 5.34. The Hall–Kier alpha value is -0.0800. The second-order valence-electron chi connectivity index (χ2n) is 6.40. The third-order valence-electron chi connectivity index (χ3n) is 4.86. The Labute approximate surface area is 107 Å². The lowest BCUT2D eigenvalue weighted by molar-refractivity contribution is 0.0136. The Morgan fingerprint density at radius 3 is 2.41 bits per heavy atom. The van der Waals surface area contributed by atoms with Crippen molar-refractivity contribution in [3.63, 3.8) is 0 Å². The first-order chi connectivity index (χ1) is 8.19. The van der Waals surface area contributed by atoms with Gasteiger partial charge in [0, 0.05) is 19.2 Å². The zero-order valence-electron chi connectivity index (χ0n) is 11.7. The van der Waals surface area contributed by atoms with Crippen LogP contribution in [-0.2, 0) is 4.74 Å². The molecule has 2 rings (SSSR count). The average Bonchev–Trinajstić information content (AvgIpc) is 2.48. The van der Waals surface area contributed by atoms with Gasteiger partial charge in [0.25, 0.3) is 0 Å². The first kappa shape index (κ1) is 13.4. The molecule has 2 fully saturated rings. The van der Waals surface area contributed by atoms with E-state index in [0.29, 0.717) is 6.10 Å². The average molecular weight is 239 g/mol. The maximum Gasteiger partial charge on any atom is 0.0601 e. The first-order valence-corrected chi connectivity index (χ1v) is 7.48. The predicted molar refractivity (Wildman–Crippen MR) is 72.2 cm³/mol. The summed E-state index contributed by atoms with van der Waals surface area (Å²) in [5.74, 6) is 1.84. The first-order valence-electron chi connectivity index (χ1n) is 7.48. The molecule has 2 aliphatic carbocycles. The molecule has 2 nitrogen and oxygen atoms in total. The number of ether oxygens (including phenoxy) is 1. The van der Waals surface area contributed by atoms with Gasteiger partial charge in [-0.05, 0) is 43.9 Å². The van der Waals surface area contributed by atoms with Crippen LogP contribution in [0.1, 0.15) is 58.8 Å². The van der Waals surface area contributed by atoms with Crippen molar-refractivity contribution < 1.29 is 4.74 Å². The number of hydrogen-bond donors (Lipinski definition) is 1. The molecule has 0 aromatic heterocycles. The quantitative estimate of drug-likeness (QED) is 0.760. The van der Waals surface area contributed by atoms with E-state index in [1.54, 1.807) is 0 Å². The second kappa shape index (κ2) is 6.19. The second-order valence-corrected chi connectivity index (χ2v) is 6.40. The Kier molecular flexibility index (Phi) is 4.87. The van der Waals surface area contributed by atoms with E-state index in [1.165, 1.54) is 44.9 Å². The molecule has 2 unspecified atom stereocenters. The van der Waals surface area contributed by atoms with Crippen molar-refractivity contribution in [2.24, 2.45) is 11.8 Å². The van der Waals surface area contributed by atoms with Crippen molar-refractivity contribution in [1.82, 2.24) is 5.32 Å². The molecule has 0 aliphatic heterocycles. The molecule has 0 heterocycles. The topological polar surface area (TPSA) is 21.3 Å². The molecule has 0 saturated heterocycles. The minimum absolute atomic E-state index is 0.529. The van der Waals surface area contributed by atoms with Gasteiger partial charge in [0.05, 0.1) is 6.10 Å². The van der Waals surface area contributed by atoms with Crippen molar-refractivity contribution in [1.29, 1.82) is 0 Å². The van der Waals surface area contributed by atoms with E-state index >= 15 is 0 Å². The van der Waals surface area contributed by atoms with Gasteiger partial charge in [0.2, 0.25) is 0 Å². The van der Waals surface area contributed by atoms with Crippen molar-refractivity contribution >= 4 is 0 Å². The van der Waals surface area contributed by atoms with Crippen LogP contribution < -0.4 is 5.32 Å². The van der Waals surface area contributed by atoms with E-state index in [4.69, 9.17) is 4.74 Å². The molecule has 0 radical (unpaired) electrons. The zero-order chi connectivity index (χ0) is 12.3. The lowest BCUT2D eigenvalue weighted by Crippen LogP contribution is -2.49. The van der Waals surface area contributed by atoms with Gasteiger partial charge in [-0.2, -0.15) is 0 Å². The number of hydrogen-bond acceptors (Lipinski definition) is 2. The fourth-order valence-electron chi connectivity index (χ4n) is 3.39. The van der Waals surface area contributed by atoms with Crippen LogP contribution in [-0.4, -0.2) is 25.3 Å². The highest BCUT2D eigenvalue weighted by atomic mass is 16.5. The fraction of sp³-hybridized carbons (Fsp3) is 1.00. The molecule has 2 aliphatic rings. The summed E-state index contributed by atoms with van der Waals surface area (Å²) in [6.45, 7) is 4.76. The highest BCUT2D eigenvalue weighted by molar-refractivity contribution is 4.89. The van der Waals surface area contributed by atoms with Crippen LogP contribution in [0.5, 0.6) is 0 Å². The lowest BCUT2D eigenvalue weighted by atomic mass is 9.87. The van der Waals surface area contributed by atoms with Gasteiger partial charge in [-0.3, -0.25) is 0 Å². The summed E-state index contributed by atoms with van der Waals surface area (Å²) in [5.41, 5.74) is 0. The SMILES string of the molecule is COC1CC(NC2CCCC(C(C)C)CC2)C1. The van der Waals surface area contributed by atoms with E-state index in [0.717, 1.165) is 23.9 Å². The highest BCUT2D eigenvalue weighted by Crippen LogP contribution is 2.30. The van der Waals surface area contributed by atoms with Crippen molar-refractivity contribution in [2.45, 2.75) is 77.0 Å². The molecule has 0 aromatic carbocycles. The summed E-state index contributed by atoms with van der Waals surface area (Å²) in [7, 11) is 1.83. The number of nitrogens with one attached hydrogen (secondary N) is 1. The summed E-state index contributed by atoms with van der Waals surface area (Å²) in [4.78, 5) is 0. The summed E-state index contributed by atoms with van der Waals surface area (Å²) >= 11 is 0. The van der Waals surface area contributed by atoms with Crippen molar-refractivity contribution in [3.05, 3.63) is 0 Å².